The number of imidazole rings is 1. The lowest BCUT2D eigenvalue weighted by Gasteiger charge is -2.14. The zero-order valence-corrected chi connectivity index (χ0v) is 12.8. The molecule has 20 heavy (non-hydrogen) atoms. The highest BCUT2D eigenvalue weighted by atomic mass is 35.5. The van der Waals surface area contributed by atoms with Crippen molar-refractivity contribution in [2.75, 3.05) is 25.6 Å². The Morgan fingerprint density at radius 1 is 1.45 bits per heavy atom. The van der Waals surface area contributed by atoms with Crippen molar-refractivity contribution in [3.05, 3.63) is 11.6 Å². The van der Waals surface area contributed by atoms with E-state index in [0.29, 0.717) is 18.3 Å². The number of nitrogens with one attached hydrogen (secondary N) is 1. The first-order valence-corrected chi connectivity index (χ1v) is 7.18. The number of hydrogen-bond acceptors (Lipinski definition) is 5. The van der Waals surface area contributed by atoms with Crippen molar-refractivity contribution >= 4 is 28.6 Å². The Kier molecular flexibility index (Phi) is 5.14. The first-order chi connectivity index (χ1) is 9.67. The predicted molar refractivity (Wildman–Crippen MR) is 80.3 cm³/mol. The molecule has 0 aliphatic heterocycles. The Bertz CT molecular complexity index is 571. The average Bonchev–Trinajstić information content (AvgIpc) is 2.86. The van der Waals surface area contributed by atoms with Gasteiger partial charge < -0.3 is 14.6 Å². The van der Waals surface area contributed by atoms with Crippen LogP contribution in [0.4, 0.5) is 5.82 Å². The van der Waals surface area contributed by atoms with Crippen LogP contribution < -0.4 is 5.32 Å². The van der Waals surface area contributed by atoms with E-state index >= 15 is 0 Å². The lowest BCUT2D eigenvalue weighted by atomic mass is 10.2. The quantitative estimate of drug-likeness (QED) is 0.629. The van der Waals surface area contributed by atoms with Gasteiger partial charge >= 0.3 is 0 Å². The SMILES string of the molecule is CCC(C)n1cnc2nc(Cl)nc(NCCCOC)c21. The van der Waals surface area contributed by atoms with Crippen molar-refractivity contribution in [2.45, 2.75) is 32.7 Å². The van der Waals surface area contributed by atoms with Crippen LogP contribution >= 0.6 is 11.6 Å². The highest BCUT2D eigenvalue weighted by molar-refractivity contribution is 6.28. The van der Waals surface area contributed by atoms with Gasteiger partial charge in [-0.2, -0.15) is 9.97 Å². The lowest BCUT2D eigenvalue weighted by Crippen LogP contribution is -2.10. The molecule has 2 aromatic rings. The first-order valence-electron chi connectivity index (χ1n) is 6.80. The molecule has 2 heterocycles. The summed E-state index contributed by atoms with van der Waals surface area (Å²) in [6, 6.07) is 0.337. The minimum Gasteiger partial charge on any atom is -0.385 e. The highest BCUT2D eigenvalue weighted by Gasteiger charge is 2.15. The van der Waals surface area contributed by atoms with Gasteiger partial charge in [0.15, 0.2) is 11.5 Å². The third kappa shape index (κ3) is 3.19. The maximum atomic E-state index is 5.95. The molecule has 0 saturated carbocycles. The van der Waals surface area contributed by atoms with E-state index in [1.807, 2.05) is 0 Å². The zero-order valence-electron chi connectivity index (χ0n) is 12.1. The van der Waals surface area contributed by atoms with Crippen LogP contribution in [0.3, 0.4) is 0 Å². The van der Waals surface area contributed by atoms with Crippen LogP contribution in [0.2, 0.25) is 5.28 Å². The van der Waals surface area contributed by atoms with Crippen LogP contribution in [0.15, 0.2) is 6.33 Å². The monoisotopic (exact) mass is 297 g/mol. The fourth-order valence-electron chi connectivity index (χ4n) is 2.00. The molecule has 1 atom stereocenters. The molecule has 1 unspecified atom stereocenters. The number of ether oxygens (including phenoxy) is 1. The molecule has 0 fully saturated rings. The van der Waals surface area contributed by atoms with Crippen molar-refractivity contribution in [2.24, 2.45) is 0 Å². The van der Waals surface area contributed by atoms with Crippen LogP contribution in [-0.2, 0) is 4.74 Å². The molecule has 6 nitrogen and oxygen atoms in total. The van der Waals surface area contributed by atoms with Gasteiger partial charge in [0.2, 0.25) is 5.28 Å². The van der Waals surface area contributed by atoms with Crippen LogP contribution in [0, 0.1) is 0 Å². The number of rotatable bonds is 7. The molecule has 2 rings (SSSR count). The smallest absolute Gasteiger partial charge is 0.226 e. The lowest BCUT2D eigenvalue weighted by molar-refractivity contribution is 0.198. The molecule has 0 bridgehead atoms. The van der Waals surface area contributed by atoms with Crippen LogP contribution in [-0.4, -0.2) is 39.8 Å². The Hall–Kier alpha value is -1.40. The largest absolute Gasteiger partial charge is 0.385 e. The van der Waals surface area contributed by atoms with Crippen molar-refractivity contribution in [1.82, 2.24) is 19.5 Å². The molecule has 0 saturated heterocycles. The number of hydrogen-bond donors (Lipinski definition) is 1. The van der Waals surface area contributed by atoms with Crippen LogP contribution in [0.1, 0.15) is 32.7 Å². The summed E-state index contributed by atoms with van der Waals surface area (Å²) in [6.07, 6.45) is 3.71. The minimum absolute atomic E-state index is 0.209. The summed E-state index contributed by atoms with van der Waals surface area (Å²) in [5.74, 6) is 0.730. The number of aromatic nitrogens is 4. The van der Waals surface area contributed by atoms with Crippen molar-refractivity contribution in [1.29, 1.82) is 0 Å². The van der Waals surface area contributed by atoms with E-state index in [1.165, 1.54) is 0 Å². The zero-order chi connectivity index (χ0) is 14.5. The molecule has 0 aromatic carbocycles. The maximum absolute atomic E-state index is 5.95. The van der Waals surface area contributed by atoms with Crippen molar-refractivity contribution < 1.29 is 4.74 Å². The normalized spacial score (nSPS) is 12.8. The minimum atomic E-state index is 0.209. The summed E-state index contributed by atoms with van der Waals surface area (Å²) in [7, 11) is 1.69. The molecule has 0 aliphatic rings. The summed E-state index contributed by atoms with van der Waals surface area (Å²) in [5, 5.41) is 3.50. The first kappa shape index (κ1) is 15.0. The maximum Gasteiger partial charge on any atom is 0.226 e. The fraction of sp³-hybridized carbons (Fsp3) is 0.615. The van der Waals surface area contributed by atoms with Gasteiger partial charge in [-0.25, -0.2) is 4.98 Å². The molecular weight excluding hydrogens is 278 g/mol. The molecule has 1 N–H and O–H groups in total. The summed E-state index contributed by atoms with van der Waals surface area (Å²) in [4.78, 5) is 12.8. The standard InChI is InChI=1S/C13H20ClN5O/c1-4-9(2)19-8-16-12-10(19)11(17-13(14)18-12)15-6-5-7-20-3/h8-9H,4-7H2,1-3H3,(H,15,17,18). The molecule has 110 valence electrons. The number of methoxy groups -OCH3 is 1. The summed E-state index contributed by atoms with van der Waals surface area (Å²) < 4.78 is 7.13. The molecule has 0 amide bonds. The third-order valence-electron chi connectivity index (χ3n) is 3.28. The second kappa shape index (κ2) is 6.85. The van der Waals surface area contributed by atoms with Gasteiger partial charge in [0.05, 0.1) is 6.33 Å². The number of nitrogens with zero attached hydrogens (tertiary/aromatic N) is 4. The summed E-state index contributed by atoms with van der Waals surface area (Å²) in [6.45, 7) is 5.75. The van der Waals surface area contributed by atoms with Crippen molar-refractivity contribution in [3.63, 3.8) is 0 Å². The Morgan fingerprint density at radius 3 is 2.95 bits per heavy atom. The molecule has 2 aromatic heterocycles. The Balaban J connectivity index is 2.32. The van der Waals surface area contributed by atoms with Crippen LogP contribution in [0.25, 0.3) is 11.2 Å². The van der Waals surface area contributed by atoms with Gasteiger partial charge in [-0.3, -0.25) is 0 Å². The van der Waals surface area contributed by atoms with E-state index in [4.69, 9.17) is 16.3 Å². The predicted octanol–water partition coefficient (Wildman–Crippen LogP) is 2.90. The Morgan fingerprint density at radius 2 is 2.25 bits per heavy atom. The average molecular weight is 298 g/mol. The van der Waals surface area contributed by atoms with Gasteiger partial charge in [0.1, 0.15) is 5.52 Å². The van der Waals surface area contributed by atoms with Gasteiger partial charge in [0, 0.05) is 26.3 Å². The number of halogens is 1. The summed E-state index contributed by atoms with van der Waals surface area (Å²) in [5.41, 5.74) is 1.53. The van der Waals surface area contributed by atoms with E-state index in [-0.39, 0.29) is 5.28 Å². The molecule has 0 radical (unpaired) electrons. The van der Waals surface area contributed by atoms with E-state index in [0.717, 1.165) is 30.7 Å². The number of anilines is 1. The van der Waals surface area contributed by atoms with E-state index in [2.05, 4.69) is 38.7 Å². The molecule has 7 heteroatoms. The third-order valence-corrected chi connectivity index (χ3v) is 3.45. The summed E-state index contributed by atoms with van der Waals surface area (Å²) >= 11 is 5.95. The Labute approximate surface area is 123 Å². The second-order valence-electron chi connectivity index (χ2n) is 4.70. The van der Waals surface area contributed by atoms with E-state index in [9.17, 15) is 0 Å². The fourth-order valence-corrected chi connectivity index (χ4v) is 2.16. The molecule has 0 spiro atoms. The topological polar surface area (TPSA) is 64.9 Å². The van der Waals surface area contributed by atoms with Crippen molar-refractivity contribution in [3.8, 4) is 0 Å². The van der Waals surface area contributed by atoms with Gasteiger partial charge in [0.25, 0.3) is 0 Å². The highest BCUT2D eigenvalue weighted by Crippen LogP contribution is 2.25. The molecule has 0 aliphatic carbocycles. The second-order valence-corrected chi connectivity index (χ2v) is 5.03. The number of fused-ring (bicyclic) bond motifs is 1. The van der Waals surface area contributed by atoms with Crippen LogP contribution in [0.5, 0.6) is 0 Å². The van der Waals surface area contributed by atoms with E-state index in [1.54, 1.807) is 13.4 Å². The van der Waals surface area contributed by atoms with Gasteiger partial charge in [-0.15, -0.1) is 0 Å². The van der Waals surface area contributed by atoms with E-state index < -0.39 is 0 Å². The van der Waals surface area contributed by atoms with Gasteiger partial charge in [-0.05, 0) is 31.4 Å². The molecular formula is C13H20ClN5O. The van der Waals surface area contributed by atoms with Gasteiger partial charge in [-0.1, -0.05) is 6.92 Å².